The summed E-state index contributed by atoms with van der Waals surface area (Å²) in [5.41, 5.74) is 0.752. The number of ether oxygens (including phenoxy) is 1. The second kappa shape index (κ2) is 6.59. The van der Waals surface area contributed by atoms with Gasteiger partial charge in [-0.25, -0.2) is 0 Å². The fourth-order valence-corrected chi connectivity index (χ4v) is 1.60. The van der Waals surface area contributed by atoms with E-state index >= 15 is 0 Å². The van der Waals surface area contributed by atoms with Gasteiger partial charge < -0.3 is 4.74 Å². The fourth-order valence-electron chi connectivity index (χ4n) is 1.32. The van der Waals surface area contributed by atoms with Gasteiger partial charge in [-0.1, -0.05) is 30.3 Å². The summed E-state index contributed by atoms with van der Waals surface area (Å²) in [7, 11) is 1.61. The molecule has 0 amide bonds. The van der Waals surface area contributed by atoms with Crippen LogP contribution in [0.5, 0.6) is 0 Å². The Morgan fingerprint density at radius 1 is 1.40 bits per heavy atom. The molecule has 0 fully saturated rings. The number of Topliss-reactive ketones (excluding diaryl/α,β-unsaturated/α-hetero) is 1. The first-order valence-electron chi connectivity index (χ1n) is 4.95. The van der Waals surface area contributed by atoms with E-state index in [9.17, 15) is 4.79 Å². The number of hydrogen-bond acceptors (Lipinski definition) is 2. The number of benzene rings is 1. The van der Waals surface area contributed by atoms with E-state index in [-0.39, 0.29) is 11.9 Å². The van der Waals surface area contributed by atoms with E-state index in [1.54, 1.807) is 7.11 Å². The molecular formula is C12H15ClO2. The van der Waals surface area contributed by atoms with Crippen molar-refractivity contribution in [3.8, 4) is 0 Å². The number of halogens is 1. The normalized spacial score (nSPS) is 12.4. The molecule has 0 saturated heterocycles. The molecule has 0 aliphatic rings. The van der Waals surface area contributed by atoms with Crippen molar-refractivity contribution in [1.29, 1.82) is 0 Å². The summed E-state index contributed by atoms with van der Waals surface area (Å²) >= 11 is 5.66. The van der Waals surface area contributed by atoms with E-state index in [1.807, 2.05) is 30.3 Å². The van der Waals surface area contributed by atoms with Crippen molar-refractivity contribution in [2.45, 2.75) is 18.9 Å². The van der Waals surface area contributed by atoms with Crippen molar-refractivity contribution >= 4 is 17.4 Å². The topological polar surface area (TPSA) is 26.3 Å². The molecule has 0 N–H and O–H groups in total. The van der Waals surface area contributed by atoms with Gasteiger partial charge in [0.05, 0.1) is 6.10 Å². The minimum absolute atomic E-state index is 0.0284. The number of carbonyl (C=O) groups is 1. The molecule has 1 aromatic rings. The van der Waals surface area contributed by atoms with Crippen LogP contribution in [0.4, 0.5) is 0 Å². The highest BCUT2D eigenvalue weighted by atomic mass is 35.5. The predicted molar refractivity (Wildman–Crippen MR) is 61.5 cm³/mol. The lowest BCUT2D eigenvalue weighted by atomic mass is 10.1. The molecule has 0 heterocycles. The monoisotopic (exact) mass is 226 g/mol. The molecule has 82 valence electrons. The van der Waals surface area contributed by atoms with Gasteiger partial charge in [0.25, 0.3) is 0 Å². The smallest absolute Gasteiger partial charge is 0.162 e. The van der Waals surface area contributed by atoms with Crippen LogP contribution >= 0.6 is 11.6 Å². The molecule has 0 spiro atoms. The molecule has 3 heteroatoms. The molecule has 0 aliphatic carbocycles. The van der Waals surface area contributed by atoms with Gasteiger partial charge in [-0.05, 0) is 6.42 Å². The Balaban J connectivity index is 2.43. The van der Waals surface area contributed by atoms with E-state index in [1.165, 1.54) is 0 Å². The van der Waals surface area contributed by atoms with E-state index in [0.717, 1.165) is 5.56 Å². The van der Waals surface area contributed by atoms with Crippen molar-refractivity contribution in [1.82, 2.24) is 0 Å². The van der Waals surface area contributed by atoms with Crippen LogP contribution in [-0.2, 0) is 4.74 Å². The van der Waals surface area contributed by atoms with Crippen LogP contribution in [0.2, 0.25) is 0 Å². The molecule has 15 heavy (non-hydrogen) atoms. The van der Waals surface area contributed by atoms with E-state index in [4.69, 9.17) is 16.3 Å². The second-order valence-corrected chi connectivity index (χ2v) is 3.65. The second-order valence-electron chi connectivity index (χ2n) is 3.34. The van der Waals surface area contributed by atoms with Crippen molar-refractivity contribution in [3.63, 3.8) is 0 Å². The summed E-state index contributed by atoms with van der Waals surface area (Å²) in [5, 5.41) is 0. The maximum Gasteiger partial charge on any atom is 0.162 e. The SMILES string of the molecule is COC(CCl)CCC(=O)c1ccccc1. The van der Waals surface area contributed by atoms with Crippen molar-refractivity contribution < 1.29 is 9.53 Å². The van der Waals surface area contributed by atoms with E-state index < -0.39 is 0 Å². The van der Waals surface area contributed by atoms with Crippen LogP contribution in [0.15, 0.2) is 30.3 Å². The Kier molecular flexibility index (Phi) is 5.37. The van der Waals surface area contributed by atoms with E-state index in [2.05, 4.69) is 0 Å². The summed E-state index contributed by atoms with van der Waals surface area (Å²) in [6, 6.07) is 9.27. The Morgan fingerprint density at radius 3 is 2.60 bits per heavy atom. The van der Waals surface area contributed by atoms with Gasteiger partial charge in [0.2, 0.25) is 0 Å². The van der Waals surface area contributed by atoms with Gasteiger partial charge in [0, 0.05) is 25.0 Å². The first-order valence-corrected chi connectivity index (χ1v) is 5.48. The third-order valence-electron chi connectivity index (χ3n) is 2.29. The number of methoxy groups -OCH3 is 1. The lowest BCUT2D eigenvalue weighted by molar-refractivity contribution is 0.0886. The number of carbonyl (C=O) groups excluding carboxylic acids is 1. The molecule has 0 radical (unpaired) electrons. The maximum atomic E-state index is 11.7. The standard InChI is InChI=1S/C12H15ClO2/c1-15-11(9-13)7-8-12(14)10-5-3-2-4-6-10/h2-6,11H,7-9H2,1H3. The molecule has 0 aliphatic heterocycles. The average molecular weight is 227 g/mol. The van der Waals surface area contributed by atoms with Gasteiger partial charge in [-0.2, -0.15) is 0 Å². The highest BCUT2D eigenvalue weighted by Crippen LogP contribution is 2.09. The summed E-state index contributed by atoms with van der Waals surface area (Å²) in [4.78, 5) is 11.7. The molecule has 2 nitrogen and oxygen atoms in total. The number of alkyl halides is 1. The Hall–Kier alpha value is -0.860. The molecular weight excluding hydrogens is 212 g/mol. The van der Waals surface area contributed by atoms with Crippen LogP contribution in [-0.4, -0.2) is 24.9 Å². The van der Waals surface area contributed by atoms with E-state index in [0.29, 0.717) is 18.7 Å². The summed E-state index contributed by atoms with van der Waals surface area (Å²) in [6.45, 7) is 0. The van der Waals surface area contributed by atoms with Crippen molar-refractivity contribution in [2.75, 3.05) is 13.0 Å². The number of ketones is 1. The average Bonchev–Trinajstić information content (AvgIpc) is 2.31. The van der Waals surface area contributed by atoms with Crippen molar-refractivity contribution in [2.24, 2.45) is 0 Å². The molecule has 0 bridgehead atoms. The third-order valence-corrected chi connectivity index (χ3v) is 2.64. The number of hydrogen-bond donors (Lipinski definition) is 0. The van der Waals surface area contributed by atoms with Crippen LogP contribution < -0.4 is 0 Å². The Labute approximate surface area is 95.2 Å². The summed E-state index contributed by atoms with van der Waals surface area (Å²) in [5.74, 6) is 0.571. The fraction of sp³-hybridized carbons (Fsp3) is 0.417. The lowest BCUT2D eigenvalue weighted by Crippen LogP contribution is -2.14. The molecule has 1 unspecified atom stereocenters. The summed E-state index contributed by atoms with van der Waals surface area (Å²) < 4.78 is 5.10. The van der Waals surface area contributed by atoms with Gasteiger partial charge in [-0.15, -0.1) is 11.6 Å². The zero-order valence-corrected chi connectivity index (χ0v) is 9.54. The highest BCUT2D eigenvalue weighted by Gasteiger charge is 2.10. The number of rotatable bonds is 6. The summed E-state index contributed by atoms with van der Waals surface area (Å²) in [6.07, 6.45) is 1.13. The van der Waals surface area contributed by atoms with Gasteiger partial charge in [0.1, 0.15) is 0 Å². The highest BCUT2D eigenvalue weighted by molar-refractivity contribution is 6.18. The minimum atomic E-state index is -0.0284. The lowest BCUT2D eigenvalue weighted by Gasteiger charge is -2.10. The zero-order chi connectivity index (χ0) is 11.1. The first kappa shape index (κ1) is 12.2. The van der Waals surface area contributed by atoms with Gasteiger partial charge in [0.15, 0.2) is 5.78 Å². The quantitative estimate of drug-likeness (QED) is 0.551. The Morgan fingerprint density at radius 2 is 2.07 bits per heavy atom. The van der Waals surface area contributed by atoms with Crippen molar-refractivity contribution in [3.05, 3.63) is 35.9 Å². The predicted octanol–water partition coefficient (Wildman–Crippen LogP) is 2.90. The molecule has 0 aromatic heterocycles. The van der Waals surface area contributed by atoms with Crippen LogP contribution in [0.1, 0.15) is 23.2 Å². The van der Waals surface area contributed by atoms with Gasteiger partial charge in [-0.3, -0.25) is 4.79 Å². The largest absolute Gasteiger partial charge is 0.380 e. The molecule has 1 atom stereocenters. The molecule has 1 aromatic carbocycles. The first-order chi connectivity index (χ1) is 7.27. The third kappa shape index (κ3) is 4.02. The van der Waals surface area contributed by atoms with Gasteiger partial charge >= 0.3 is 0 Å². The maximum absolute atomic E-state index is 11.7. The van der Waals surface area contributed by atoms with Crippen LogP contribution in [0.25, 0.3) is 0 Å². The van der Waals surface area contributed by atoms with Crippen LogP contribution in [0.3, 0.4) is 0 Å². The molecule has 0 saturated carbocycles. The zero-order valence-electron chi connectivity index (χ0n) is 8.78. The Bertz CT molecular complexity index is 294. The minimum Gasteiger partial charge on any atom is -0.380 e. The van der Waals surface area contributed by atoms with Crippen LogP contribution in [0, 0.1) is 0 Å². The molecule has 1 rings (SSSR count).